The molecule has 178 valence electrons. The van der Waals surface area contributed by atoms with E-state index in [1.807, 2.05) is 41.3 Å². The molecule has 5 rings (SSSR count). The van der Waals surface area contributed by atoms with Crippen LogP contribution in [0.4, 0.5) is 0 Å². The number of rotatable bonds is 8. The van der Waals surface area contributed by atoms with Crippen LogP contribution < -0.4 is 10.1 Å². The number of aryl methyl sites for hydroxylation is 1. The first-order valence-corrected chi connectivity index (χ1v) is 12.1. The number of para-hydroxylation sites is 1. The van der Waals surface area contributed by atoms with Crippen LogP contribution in [0.25, 0.3) is 22.2 Å². The number of nitrogens with zero attached hydrogens (tertiary/aromatic N) is 2. The number of carbonyl (C=O) groups excluding carboxylic acids is 2. The van der Waals surface area contributed by atoms with Gasteiger partial charge in [-0.15, -0.1) is 0 Å². The second-order valence-corrected chi connectivity index (χ2v) is 9.25. The molecule has 0 radical (unpaired) electrons. The highest BCUT2D eigenvalue weighted by molar-refractivity contribution is 5.91. The second kappa shape index (κ2) is 9.89. The lowest BCUT2D eigenvalue weighted by molar-refractivity contribution is -0.133. The summed E-state index contributed by atoms with van der Waals surface area (Å²) in [5.74, 6) is 1.10. The van der Waals surface area contributed by atoms with Gasteiger partial charge in [0, 0.05) is 55.2 Å². The second-order valence-electron chi connectivity index (χ2n) is 9.25. The number of nitrogens with one attached hydrogen (secondary N) is 2. The highest BCUT2D eigenvalue weighted by Gasteiger charge is 2.26. The monoisotopic (exact) mass is 460 g/mol. The molecule has 7 heteroatoms. The molecule has 1 aliphatic heterocycles. The maximum Gasteiger partial charge on any atom is 0.234 e. The molecule has 0 spiro atoms. The summed E-state index contributed by atoms with van der Waals surface area (Å²) in [6.07, 6.45) is 3.34. The molecule has 1 saturated carbocycles. The van der Waals surface area contributed by atoms with Crippen molar-refractivity contribution in [2.45, 2.75) is 31.7 Å². The molecule has 1 aliphatic carbocycles. The van der Waals surface area contributed by atoms with E-state index in [1.54, 1.807) is 7.11 Å². The number of amides is 2. The van der Waals surface area contributed by atoms with Crippen molar-refractivity contribution in [1.82, 2.24) is 20.1 Å². The molecule has 34 heavy (non-hydrogen) atoms. The van der Waals surface area contributed by atoms with Gasteiger partial charge in [0.1, 0.15) is 5.75 Å². The van der Waals surface area contributed by atoms with E-state index < -0.39 is 0 Å². The SMILES string of the molecule is COc1ccc(-c2[nH]c3ccccc3c2CCC(=O)N2CCN(CC(=O)NC3CC3)CC2)cc1. The van der Waals surface area contributed by atoms with Gasteiger partial charge in [-0.25, -0.2) is 0 Å². The summed E-state index contributed by atoms with van der Waals surface area (Å²) in [4.78, 5) is 32.7. The van der Waals surface area contributed by atoms with E-state index in [0.717, 1.165) is 53.8 Å². The smallest absolute Gasteiger partial charge is 0.234 e. The Hall–Kier alpha value is -3.32. The Morgan fingerprint density at radius 3 is 2.47 bits per heavy atom. The van der Waals surface area contributed by atoms with Gasteiger partial charge in [0.25, 0.3) is 0 Å². The van der Waals surface area contributed by atoms with Gasteiger partial charge in [-0.1, -0.05) is 18.2 Å². The van der Waals surface area contributed by atoms with Gasteiger partial charge in [0.05, 0.1) is 13.7 Å². The molecule has 2 amide bonds. The minimum atomic E-state index is 0.104. The van der Waals surface area contributed by atoms with Gasteiger partial charge < -0.3 is 19.9 Å². The van der Waals surface area contributed by atoms with Crippen molar-refractivity contribution in [2.75, 3.05) is 39.8 Å². The Labute approximate surface area is 200 Å². The molecule has 1 aromatic heterocycles. The lowest BCUT2D eigenvalue weighted by Gasteiger charge is -2.34. The average Bonchev–Trinajstić information content (AvgIpc) is 3.60. The number of methoxy groups -OCH3 is 1. The van der Waals surface area contributed by atoms with E-state index in [4.69, 9.17) is 4.74 Å². The van der Waals surface area contributed by atoms with E-state index in [1.165, 1.54) is 5.56 Å². The third-order valence-electron chi connectivity index (χ3n) is 6.82. The number of ether oxygens (including phenoxy) is 1. The average molecular weight is 461 g/mol. The predicted octanol–water partition coefficient (Wildman–Crippen LogP) is 3.20. The molecule has 2 aliphatic rings. The number of hydrogen-bond acceptors (Lipinski definition) is 4. The van der Waals surface area contributed by atoms with E-state index >= 15 is 0 Å². The number of piperazine rings is 1. The molecule has 1 saturated heterocycles. The van der Waals surface area contributed by atoms with Crippen LogP contribution in [0.2, 0.25) is 0 Å². The van der Waals surface area contributed by atoms with Crippen LogP contribution in [0, 0.1) is 0 Å². The van der Waals surface area contributed by atoms with Gasteiger partial charge >= 0.3 is 0 Å². The number of benzene rings is 2. The zero-order valence-electron chi connectivity index (χ0n) is 19.7. The Morgan fingerprint density at radius 1 is 1.03 bits per heavy atom. The molecule has 2 fully saturated rings. The van der Waals surface area contributed by atoms with Crippen molar-refractivity contribution in [3.8, 4) is 17.0 Å². The number of aromatic amines is 1. The van der Waals surface area contributed by atoms with Crippen molar-refractivity contribution in [1.29, 1.82) is 0 Å². The van der Waals surface area contributed by atoms with Gasteiger partial charge in [0.15, 0.2) is 0 Å². The Balaban J connectivity index is 1.22. The van der Waals surface area contributed by atoms with E-state index in [0.29, 0.717) is 38.5 Å². The van der Waals surface area contributed by atoms with Crippen LogP contribution in [-0.2, 0) is 16.0 Å². The number of carbonyl (C=O) groups is 2. The zero-order valence-corrected chi connectivity index (χ0v) is 19.7. The Morgan fingerprint density at radius 2 is 1.76 bits per heavy atom. The van der Waals surface area contributed by atoms with Gasteiger partial charge in [-0.2, -0.15) is 0 Å². The molecule has 2 N–H and O–H groups in total. The van der Waals surface area contributed by atoms with Crippen molar-refractivity contribution in [3.05, 3.63) is 54.1 Å². The topological polar surface area (TPSA) is 77.7 Å². The molecule has 2 heterocycles. The first-order valence-electron chi connectivity index (χ1n) is 12.1. The van der Waals surface area contributed by atoms with Gasteiger partial charge in [-0.3, -0.25) is 14.5 Å². The molecule has 2 aromatic carbocycles. The quantitative estimate of drug-likeness (QED) is 0.541. The summed E-state index contributed by atoms with van der Waals surface area (Å²) in [6.45, 7) is 3.27. The van der Waals surface area contributed by atoms with Crippen LogP contribution in [0.5, 0.6) is 5.75 Å². The predicted molar refractivity (Wildman–Crippen MR) is 133 cm³/mol. The summed E-state index contributed by atoms with van der Waals surface area (Å²) in [6, 6.07) is 16.7. The van der Waals surface area contributed by atoms with Gasteiger partial charge in [-0.05, 0) is 60.7 Å². The summed E-state index contributed by atoms with van der Waals surface area (Å²) in [7, 11) is 1.66. The molecule has 3 aromatic rings. The first-order chi connectivity index (χ1) is 16.6. The minimum absolute atomic E-state index is 0.104. The maximum atomic E-state index is 13.0. The standard InChI is InChI=1S/C27H32N4O3/c1-34-21-10-6-19(7-11-21)27-23(22-4-2-3-5-24(22)29-27)12-13-26(33)31-16-14-30(15-17-31)18-25(32)28-20-8-9-20/h2-7,10-11,20,29H,8-9,12-18H2,1H3,(H,28,32). The highest BCUT2D eigenvalue weighted by Crippen LogP contribution is 2.32. The third kappa shape index (κ3) is 5.09. The fraction of sp³-hybridized carbons (Fsp3) is 0.407. The molecule has 0 unspecified atom stereocenters. The Kier molecular flexibility index (Phi) is 6.54. The summed E-state index contributed by atoms with van der Waals surface area (Å²) >= 11 is 0. The summed E-state index contributed by atoms with van der Waals surface area (Å²) in [5.41, 5.74) is 4.39. The van der Waals surface area contributed by atoms with Crippen LogP contribution in [-0.4, -0.2) is 72.5 Å². The largest absolute Gasteiger partial charge is 0.497 e. The fourth-order valence-corrected chi connectivity index (χ4v) is 4.71. The molecule has 0 atom stereocenters. The van der Waals surface area contributed by atoms with E-state index in [-0.39, 0.29) is 11.8 Å². The lowest BCUT2D eigenvalue weighted by atomic mass is 10.0. The van der Waals surface area contributed by atoms with Crippen molar-refractivity contribution < 1.29 is 14.3 Å². The first kappa shape index (κ1) is 22.5. The van der Waals surface area contributed by atoms with Crippen molar-refractivity contribution >= 4 is 22.7 Å². The molecule has 0 bridgehead atoms. The molecular weight excluding hydrogens is 428 g/mol. The fourth-order valence-electron chi connectivity index (χ4n) is 4.71. The maximum absolute atomic E-state index is 13.0. The number of hydrogen-bond donors (Lipinski definition) is 2. The minimum Gasteiger partial charge on any atom is -0.497 e. The Bertz CT molecular complexity index is 1160. The van der Waals surface area contributed by atoms with Crippen LogP contribution in [0.3, 0.4) is 0 Å². The highest BCUT2D eigenvalue weighted by atomic mass is 16.5. The lowest BCUT2D eigenvalue weighted by Crippen LogP contribution is -2.51. The van der Waals surface area contributed by atoms with Crippen LogP contribution in [0.1, 0.15) is 24.8 Å². The number of H-pyrrole nitrogens is 1. The zero-order chi connectivity index (χ0) is 23.5. The third-order valence-corrected chi connectivity index (χ3v) is 6.82. The van der Waals surface area contributed by atoms with Crippen molar-refractivity contribution in [3.63, 3.8) is 0 Å². The summed E-state index contributed by atoms with van der Waals surface area (Å²) < 4.78 is 5.30. The normalized spacial score (nSPS) is 16.6. The number of fused-ring (bicyclic) bond motifs is 1. The van der Waals surface area contributed by atoms with Gasteiger partial charge in [0.2, 0.25) is 11.8 Å². The number of aromatic nitrogens is 1. The molecular formula is C27H32N4O3. The van der Waals surface area contributed by atoms with Crippen LogP contribution in [0.15, 0.2) is 48.5 Å². The summed E-state index contributed by atoms with van der Waals surface area (Å²) in [5, 5.41) is 4.20. The van der Waals surface area contributed by atoms with E-state index in [2.05, 4.69) is 27.3 Å². The van der Waals surface area contributed by atoms with Crippen molar-refractivity contribution in [2.24, 2.45) is 0 Å². The molecule has 7 nitrogen and oxygen atoms in total. The van der Waals surface area contributed by atoms with E-state index in [9.17, 15) is 9.59 Å². The van der Waals surface area contributed by atoms with Crippen LogP contribution >= 0.6 is 0 Å².